The molecule has 182 valence electrons. The van der Waals surface area contributed by atoms with Gasteiger partial charge in [-0.3, -0.25) is 4.90 Å². The molecule has 0 aliphatic carbocycles. The van der Waals surface area contributed by atoms with Gasteiger partial charge in [0.2, 0.25) is 0 Å². The molecule has 0 spiro atoms. The summed E-state index contributed by atoms with van der Waals surface area (Å²) in [5, 5.41) is 22.8. The first-order chi connectivity index (χ1) is 16.4. The summed E-state index contributed by atoms with van der Waals surface area (Å²) in [5.41, 5.74) is 3.07. The van der Waals surface area contributed by atoms with Gasteiger partial charge in [0.15, 0.2) is 11.5 Å². The first-order valence-electron chi connectivity index (χ1n) is 10.2. The lowest BCUT2D eigenvalue weighted by molar-refractivity contribution is -0.181. The predicted octanol–water partition coefficient (Wildman–Crippen LogP) is 2.80. The maximum Gasteiger partial charge on any atom is 0.401 e. The van der Waals surface area contributed by atoms with Crippen LogP contribution in [0.15, 0.2) is 30.9 Å². The third kappa shape index (κ3) is 3.31. The standard InChI is InChI=1S/C20H17ClF3N9O2/c1-9(34)14-13(10-5-11(21)16(26-6-10)33-28-3-4-29-33)17-27-7-12-15(32(17)30-14)19(2,20(22,23)24)8-31(12)18(25)35/h3-7,9,34H,8H2,1-2H3,(H2,25,35). The van der Waals surface area contributed by atoms with Crippen molar-refractivity contribution >= 4 is 29.0 Å². The monoisotopic (exact) mass is 507 g/mol. The number of rotatable bonds is 3. The molecule has 2 atom stereocenters. The van der Waals surface area contributed by atoms with Gasteiger partial charge in [0.05, 0.1) is 46.7 Å². The van der Waals surface area contributed by atoms with Gasteiger partial charge in [-0.1, -0.05) is 11.6 Å². The average molecular weight is 508 g/mol. The first-order valence-corrected chi connectivity index (χ1v) is 10.6. The second-order valence-electron chi connectivity index (χ2n) is 8.27. The van der Waals surface area contributed by atoms with Crippen LogP contribution in [0.2, 0.25) is 5.02 Å². The smallest absolute Gasteiger partial charge is 0.387 e. The van der Waals surface area contributed by atoms with Crippen LogP contribution in [0, 0.1) is 0 Å². The minimum absolute atomic E-state index is 0.0178. The van der Waals surface area contributed by atoms with Crippen LogP contribution < -0.4 is 10.6 Å². The van der Waals surface area contributed by atoms with Gasteiger partial charge in [0.1, 0.15) is 11.1 Å². The fraction of sp³-hybridized carbons (Fsp3) is 0.300. The number of hydrogen-bond acceptors (Lipinski definition) is 7. The van der Waals surface area contributed by atoms with Gasteiger partial charge in [0.25, 0.3) is 0 Å². The lowest BCUT2D eigenvalue weighted by Crippen LogP contribution is -2.46. The molecule has 4 aromatic rings. The van der Waals surface area contributed by atoms with E-state index in [2.05, 4.69) is 25.3 Å². The third-order valence-corrected chi connectivity index (χ3v) is 6.22. The number of fused-ring (bicyclic) bond motifs is 3. The Morgan fingerprint density at radius 1 is 1.26 bits per heavy atom. The van der Waals surface area contributed by atoms with Crippen molar-refractivity contribution in [1.82, 2.24) is 34.6 Å². The van der Waals surface area contributed by atoms with Crippen molar-refractivity contribution in [1.29, 1.82) is 0 Å². The molecule has 3 N–H and O–H groups in total. The normalized spacial score (nSPS) is 18.8. The number of urea groups is 1. The highest BCUT2D eigenvalue weighted by atomic mass is 35.5. The maximum absolute atomic E-state index is 14.3. The van der Waals surface area contributed by atoms with E-state index in [9.17, 15) is 23.1 Å². The molecule has 1 aliphatic rings. The van der Waals surface area contributed by atoms with Gasteiger partial charge in [-0.25, -0.2) is 19.3 Å². The zero-order valence-corrected chi connectivity index (χ0v) is 18.9. The van der Waals surface area contributed by atoms with E-state index < -0.39 is 30.3 Å². The molecular formula is C20H17ClF3N9O2. The molecule has 5 rings (SSSR count). The number of amides is 2. The SMILES string of the molecule is CC(O)c1nn2c3c(cnc2c1-c1cnc(-n2nccn2)c(Cl)c1)N(C(N)=O)CC3(C)C(F)(F)F. The van der Waals surface area contributed by atoms with Crippen molar-refractivity contribution in [2.75, 3.05) is 11.4 Å². The number of anilines is 1. The molecule has 15 heteroatoms. The molecule has 4 aromatic heterocycles. The van der Waals surface area contributed by atoms with E-state index in [0.29, 0.717) is 5.56 Å². The highest BCUT2D eigenvalue weighted by Crippen LogP contribution is 2.50. The number of aromatic nitrogens is 7. The molecule has 11 nitrogen and oxygen atoms in total. The highest BCUT2D eigenvalue weighted by molar-refractivity contribution is 6.32. The van der Waals surface area contributed by atoms with Gasteiger partial charge in [-0.15, -0.1) is 4.80 Å². The number of aliphatic hydroxyl groups excluding tert-OH is 1. The summed E-state index contributed by atoms with van der Waals surface area (Å²) in [7, 11) is 0. The summed E-state index contributed by atoms with van der Waals surface area (Å²) >= 11 is 6.39. The fourth-order valence-corrected chi connectivity index (χ4v) is 4.45. The Hall–Kier alpha value is -3.78. The van der Waals surface area contributed by atoms with Crippen LogP contribution in [-0.2, 0) is 5.41 Å². The van der Waals surface area contributed by atoms with E-state index in [1.165, 1.54) is 36.4 Å². The number of primary amides is 1. The van der Waals surface area contributed by atoms with Crippen molar-refractivity contribution in [2.45, 2.75) is 31.5 Å². The topological polar surface area (TPSA) is 140 Å². The number of hydrogen-bond donors (Lipinski definition) is 2. The second-order valence-corrected chi connectivity index (χ2v) is 8.67. The summed E-state index contributed by atoms with van der Waals surface area (Å²) in [6, 6.07) is 0.450. The molecule has 0 saturated heterocycles. The Labute approximate surface area is 199 Å². The van der Waals surface area contributed by atoms with E-state index in [-0.39, 0.29) is 39.1 Å². The lowest BCUT2D eigenvalue weighted by atomic mass is 9.87. The van der Waals surface area contributed by atoms with Crippen LogP contribution in [0.25, 0.3) is 22.6 Å². The van der Waals surface area contributed by atoms with E-state index in [1.807, 2.05) is 0 Å². The number of pyridine rings is 1. The number of nitrogens with zero attached hydrogens (tertiary/aromatic N) is 8. The summed E-state index contributed by atoms with van der Waals surface area (Å²) in [6.45, 7) is 1.64. The molecule has 35 heavy (non-hydrogen) atoms. The van der Waals surface area contributed by atoms with Crippen LogP contribution in [-0.4, -0.2) is 58.4 Å². The van der Waals surface area contributed by atoms with Crippen LogP contribution in [0.5, 0.6) is 0 Å². The van der Waals surface area contributed by atoms with Crippen molar-refractivity contribution in [3.63, 3.8) is 0 Å². The average Bonchev–Trinajstić information content (AvgIpc) is 3.49. The highest BCUT2D eigenvalue weighted by Gasteiger charge is 2.60. The predicted molar refractivity (Wildman–Crippen MR) is 117 cm³/mol. The van der Waals surface area contributed by atoms with E-state index in [0.717, 1.165) is 22.5 Å². The van der Waals surface area contributed by atoms with E-state index in [4.69, 9.17) is 17.3 Å². The number of carbonyl (C=O) groups is 1. The Balaban J connectivity index is 1.79. The van der Waals surface area contributed by atoms with Gasteiger partial charge >= 0.3 is 12.2 Å². The van der Waals surface area contributed by atoms with Crippen LogP contribution in [0.1, 0.15) is 31.3 Å². The first kappa shape index (κ1) is 23.0. The van der Waals surface area contributed by atoms with Gasteiger partial charge in [0, 0.05) is 18.3 Å². The molecule has 0 aromatic carbocycles. The van der Waals surface area contributed by atoms with Crippen LogP contribution in [0.4, 0.5) is 23.7 Å². The number of carbonyl (C=O) groups excluding carboxylic acids is 1. The Kier molecular flexibility index (Phi) is 5.00. The molecule has 5 heterocycles. The molecule has 0 radical (unpaired) electrons. The third-order valence-electron chi connectivity index (χ3n) is 5.95. The summed E-state index contributed by atoms with van der Waals surface area (Å²) in [4.78, 5) is 22.5. The molecular weight excluding hydrogens is 491 g/mol. The van der Waals surface area contributed by atoms with Gasteiger partial charge in [-0.05, 0) is 19.9 Å². The lowest BCUT2D eigenvalue weighted by Gasteiger charge is -2.27. The summed E-state index contributed by atoms with van der Waals surface area (Å²) in [5.74, 6) is 0.228. The molecule has 1 aliphatic heterocycles. The number of aliphatic hydroxyl groups is 1. The maximum atomic E-state index is 14.3. The van der Waals surface area contributed by atoms with Crippen molar-refractivity contribution < 1.29 is 23.1 Å². The Bertz CT molecular complexity index is 1470. The minimum atomic E-state index is -4.75. The zero-order valence-electron chi connectivity index (χ0n) is 18.2. The second kappa shape index (κ2) is 7.61. The quantitative estimate of drug-likeness (QED) is 0.434. The molecule has 0 bridgehead atoms. The Morgan fingerprint density at radius 3 is 2.51 bits per heavy atom. The van der Waals surface area contributed by atoms with E-state index in [1.54, 1.807) is 0 Å². The van der Waals surface area contributed by atoms with E-state index >= 15 is 0 Å². The Morgan fingerprint density at radius 2 is 1.94 bits per heavy atom. The number of nitrogens with two attached hydrogens (primary N) is 1. The van der Waals surface area contributed by atoms with Crippen LogP contribution in [0.3, 0.4) is 0 Å². The van der Waals surface area contributed by atoms with Crippen molar-refractivity contribution in [3.05, 3.63) is 47.3 Å². The summed E-state index contributed by atoms with van der Waals surface area (Å²) in [6.07, 6.45) is -0.498. The molecule has 2 amide bonds. The largest absolute Gasteiger partial charge is 0.401 e. The zero-order chi connectivity index (χ0) is 25.3. The van der Waals surface area contributed by atoms with Crippen molar-refractivity contribution in [3.8, 4) is 16.9 Å². The number of alkyl halides is 3. The molecule has 0 fully saturated rings. The molecule has 2 unspecified atom stereocenters. The fourth-order valence-electron chi connectivity index (χ4n) is 4.21. The van der Waals surface area contributed by atoms with Gasteiger partial charge < -0.3 is 10.8 Å². The summed E-state index contributed by atoms with van der Waals surface area (Å²) < 4.78 is 43.8. The molecule has 0 saturated carbocycles. The van der Waals surface area contributed by atoms with Crippen LogP contribution >= 0.6 is 11.6 Å². The van der Waals surface area contributed by atoms with Crippen molar-refractivity contribution in [2.24, 2.45) is 5.73 Å². The number of halogens is 4. The van der Waals surface area contributed by atoms with Gasteiger partial charge in [-0.2, -0.15) is 28.5 Å². The minimum Gasteiger partial charge on any atom is -0.387 e.